The molecule has 0 spiro atoms. The van der Waals surface area contributed by atoms with Gasteiger partial charge in [0.15, 0.2) is 0 Å². The van der Waals surface area contributed by atoms with E-state index in [1.165, 1.54) is 295 Å². The van der Waals surface area contributed by atoms with E-state index in [1.54, 1.807) is 6.08 Å². The maximum atomic E-state index is 12.5. The number of ether oxygens (including phenoxy) is 1. The Hall–Kier alpha value is -1.92. The van der Waals surface area contributed by atoms with Crippen LogP contribution in [0.25, 0.3) is 0 Å². The molecule has 0 saturated carbocycles. The van der Waals surface area contributed by atoms with E-state index in [9.17, 15) is 19.8 Å². The van der Waals surface area contributed by atoms with Crippen molar-refractivity contribution in [1.82, 2.24) is 5.32 Å². The summed E-state index contributed by atoms with van der Waals surface area (Å²) in [6.07, 6.45) is 84.9. The Morgan fingerprint density at radius 1 is 0.351 bits per heavy atom. The number of allylic oxidation sites excluding steroid dienone is 5. The highest BCUT2D eigenvalue weighted by Crippen LogP contribution is 2.18. The van der Waals surface area contributed by atoms with E-state index in [2.05, 4.69) is 43.5 Å². The van der Waals surface area contributed by atoms with Gasteiger partial charge in [-0.15, -0.1) is 0 Å². The van der Waals surface area contributed by atoms with Crippen molar-refractivity contribution in [3.05, 3.63) is 36.5 Å². The van der Waals surface area contributed by atoms with Gasteiger partial charge in [0.2, 0.25) is 5.91 Å². The van der Waals surface area contributed by atoms with Gasteiger partial charge in [0.05, 0.1) is 25.4 Å². The van der Waals surface area contributed by atoms with E-state index < -0.39 is 12.1 Å². The fraction of sp³-hybridized carbons (Fsp3) is 0.887. The molecule has 0 saturated heterocycles. The highest BCUT2D eigenvalue weighted by atomic mass is 16.5. The second kappa shape index (κ2) is 66.6. The van der Waals surface area contributed by atoms with E-state index in [0.29, 0.717) is 19.4 Å². The number of carbonyl (C=O) groups excluding carboxylic acids is 2. The Balaban J connectivity index is 3.47. The first-order valence-corrected chi connectivity index (χ1v) is 34.8. The number of esters is 1. The van der Waals surface area contributed by atoms with Gasteiger partial charge in [-0.2, -0.15) is 0 Å². The zero-order valence-electron chi connectivity index (χ0n) is 52.0. The summed E-state index contributed by atoms with van der Waals surface area (Å²) in [6.45, 7) is 4.91. The van der Waals surface area contributed by atoms with Crippen molar-refractivity contribution in [2.24, 2.45) is 0 Å². The fourth-order valence-electron chi connectivity index (χ4n) is 10.8. The smallest absolute Gasteiger partial charge is 0.305 e. The van der Waals surface area contributed by atoms with E-state index in [4.69, 9.17) is 4.74 Å². The summed E-state index contributed by atoms with van der Waals surface area (Å²) in [4.78, 5) is 24.6. The highest BCUT2D eigenvalue weighted by Gasteiger charge is 2.18. The van der Waals surface area contributed by atoms with Gasteiger partial charge in [0, 0.05) is 12.8 Å². The lowest BCUT2D eigenvalue weighted by Gasteiger charge is -2.20. The lowest BCUT2D eigenvalue weighted by molar-refractivity contribution is -0.143. The number of carbonyl (C=O) groups is 2. The number of aliphatic hydroxyl groups excluding tert-OH is 2. The summed E-state index contributed by atoms with van der Waals surface area (Å²) in [5, 5.41) is 23.3. The molecule has 0 aliphatic carbocycles. The summed E-state index contributed by atoms with van der Waals surface area (Å²) in [5.74, 6) is -0.0813. The van der Waals surface area contributed by atoms with Crippen LogP contribution in [0.2, 0.25) is 0 Å². The first kappa shape index (κ1) is 75.1. The molecular formula is C71H135NO5. The van der Waals surface area contributed by atoms with Crippen LogP contribution < -0.4 is 5.32 Å². The Kier molecular flexibility index (Phi) is 64.9. The van der Waals surface area contributed by atoms with Crippen molar-refractivity contribution >= 4 is 11.9 Å². The molecule has 0 aromatic rings. The minimum Gasteiger partial charge on any atom is -0.466 e. The number of nitrogens with one attached hydrogen (secondary N) is 1. The van der Waals surface area contributed by atoms with Gasteiger partial charge < -0.3 is 20.3 Å². The minimum absolute atomic E-state index is 0.00488. The topological polar surface area (TPSA) is 95.9 Å². The maximum Gasteiger partial charge on any atom is 0.305 e. The second-order valence-corrected chi connectivity index (χ2v) is 23.9. The van der Waals surface area contributed by atoms with Gasteiger partial charge in [0.25, 0.3) is 0 Å². The zero-order valence-corrected chi connectivity index (χ0v) is 52.0. The first-order valence-electron chi connectivity index (χ1n) is 34.8. The third-order valence-electron chi connectivity index (χ3n) is 16.1. The van der Waals surface area contributed by atoms with Crippen LogP contribution in [0.1, 0.15) is 380 Å². The molecule has 0 aliphatic rings. The van der Waals surface area contributed by atoms with Gasteiger partial charge in [0.1, 0.15) is 0 Å². The molecule has 77 heavy (non-hydrogen) atoms. The van der Waals surface area contributed by atoms with Crippen molar-refractivity contribution in [2.45, 2.75) is 392 Å². The molecule has 0 aliphatic heterocycles. The molecule has 0 bridgehead atoms. The predicted molar refractivity (Wildman–Crippen MR) is 338 cm³/mol. The van der Waals surface area contributed by atoms with Gasteiger partial charge in [-0.3, -0.25) is 9.59 Å². The van der Waals surface area contributed by atoms with Crippen LogP contribution in [-0.4, -0.2) is 47.4 Å². The molecule has 0 heterocycles. The Morgan fingerprint density at radius 3 is 0.922 bits per heavy atom. The molecule has 2 atom stereocenters. The third-order valence-corrected chi connectivity index (χ3v) is 16.1. The average Bonchev–Trinajstić information content (AvgIpc) is 3.43. The van der Waals surface area contributed by atoms with Gasteiger partial charge in [-0.05, 0) is 83.5 Å². The molecule has 2 unspecified atom stereocenters. The number of hydrogen-bond acceptors (Lipinski definition) is 5. The number of amides is 1. The van der Waals surface area contributed by atoms with Gasteiger partial charge in [-0.25, -0.2) is 0 Å². The quantitative estimate of drug-likeness (QED) is 0.0320. The van der Waals surface area contributed by atoms with Gasteiger partial charge >= 0.3 is 5.97 Å². The van der Waals surface area contributed by atoms with Crippen LogP contribution in [0.5, 0.6) is 0 Å². The van der Waals surface area contributed by atoms with Crippen LogP contribution >= 0.6 is 0 Å². The van der Waals surface area contributed by atoms with Crippen molar-refractivity contribution in [2.75, 3.05) is 13.2 Å². The first-order chi connectivity index (χ1) is 38.0. The summed E-state index contributed by atoms with van der Waals surface area (Å²) < 4.78 is 5.49. The number of rotatable bonds is 65. The van der Waals surface area contributed by atoms with Crippen molar-refractivity contribution in [3.63, 3.8) is 0 Å². The largest absolute Gasteiger partial charge is 0.466 e. The van der Waals surface area contributed by atoms with Crippen molar-refractivity contribution < 1.29 is 24.5 Å². The van der Waals surface area contributed by atoms with Crippen LogP contribution in [-0.2, 0) is 14.3 Å². The monoisotopic (exact) mass is 1080 g/mol. The molecule has 1 amide bonds. The van der Waals surface area contributed by atoms with E-state index in [0.717, 1.165) is 57.8 Å². The number of hydrogen-bond donors (Lipinski definition) is 3. The molecule has 0 fully saturated rings. The summed E-state index contributed by atoms with van der Waals surface area (Å²) >= 11 is 0. The SMILES string of the molecule is CCCCCCCCC/C=C\CCCCCCCCCC(=O)OCCCCCCCC/C=C\CCCCCCCCCC(=O)NC(CO)C(O)/C=C/CCCCCCCCCCCCCCCCCCCCCCCCC. The molecule has 3 N–H and O–H groups in total. The molecule has 0 radical (unpaired) electrons. The van der Waals surface area contributed by atoms with E-state index in [1.807, 2.05) is 6.08 Å². The Bertz CT molecular complexity index is 1250. The molecule has 0 rings (SSSR count). The lowest BCUT2D eigenvalue weighted by atomic mass is 10.0. The summed E-state index contributed by atoms with van der Waals surface area (Å²) in [7, 11) is 0. The van der Waals surface area contributed by atoms with Crippen LogP contribution in [0.3, 0.4) is 0 Å². The van der Waals surface area contributed by atoms with Crippen molar-refractivity contribution in [3.8, 4) is 0 Å². The molecular weight excluding hydrogens is 947 g/mol. The zero-order chi connectivity index (χ0) is 55.7. The number of unbranched alkanes of at least 4 members (excludes halogenated alkanes) is 50. The van der Waals surface area contributed by atoms with Gasteiger partial charge in [-0.1, -0.05) is 320 Å². The fourth-order valence-corrected chi connectivity index (χ4v) is 10.8. The van der Waals surface area contributed by atoms with Crippen LogP contribution in [0.15, 0.2) is 36.5 Å². The maximum absolute atomic E-state index is 12.5. The molecule has 0 aromatic heterocycles. The predicted octanol–water partition coefficient (Wildman–Crippen LogP) is 22.3. The number of aliphatic hydroxyl groups is 2. The van der Waals surface area contributed by atoms with E-state index >= 15 is 0 Å². The summed E-state index contributed by atoms with van der Waals surface area (Å²) in [6, 6.07) is -0.639. The molecule has 454 valence electrons. The Morgan fingerprint density at radius 2 is 0.610 bits per heavy atom. The molecule has 0 aromatic carbocycles. The molecule has 6 nitrogen and oxygen atoms in total. The Labute approximate surface area is 481 Å². The van der Waals surface area contributed by atoms with Crippen LogP contribution in [0.4, 0.5) is 0 Å². The average molecular weight is 1080 g/mol. The second-order valence-electron chi connectivity index (χ2n) is 23.9. The minimum atomic E-state index is -0.855. The highest BCUT2D eigenvalue weighted by molar-refractivity contribution is 5.76. The molecule has 6 heteroatoms. The standard InChI is InChI=1S/C71H135NO5/c1-3-5-7-9-11-13-15-17-19-21-23-24-25-26-27-28-29-31-35-39-43-47-51-55-59-63-69(74)68(67-73)72-70(75)64-60-56-52-48-44-40-36-32-30-34-38-42-46-50-54-58-62-66-77-71(76)65-61-57-53-49-45-41-37-33-22-20-18-16-14-12-10-8-6-4-2/h20,22,30,34,59,63,68-69,73-74H,3-19,21,23-29,31-33,35-58,60-62,64-67H2,1-2H3,(H,72,75)/b22-20-,34-30-,63-59+. The van der Waals surface area contributed by atoms with E-state index in [-0.39, 0.29) is 18.5 Å². The summed E-state index contributed by atoms with van der Waals surface area (Å²) in [5.41, 5.74) is 0. The van der Waals surface area contributed by atoms with Crippen LogP contribution in [0, 0.1) is 0 Å². The van der Waals surface area contributed by atoms with Crippen molar-refractivity contribution in [1.29, 1.82) is 0 Å². The lowest BCUT2D eigenvalue weighted by Crippen LogP contribution is -2.45. The third kappa shape index (κ3) is 63.1. The normalized spacial score (nSPS) is 12.7.